The average molecular weight is 236 g/mol. The molecular formula is C12H16N2O3. The van der Waals surface area contributed by atoms with Crippen LogP contribution in [0.15, 0.2) is 12.1 Å². The van der Waals surface area contributed by atoms with E-state index in [2.05, 4.69) is 0 Å². The van der Waals surface area contributed by atoms with Gasteiger partial charge in [-0.25, -0.2) is 0 Å². The van der Waals surface area contributed by atoms with Crippen molar-refractivity contribution >= 4 is 11.4 Å². The van der Waals surface area contributed by atoms with E-state index in [1.54, 1.807) is 0 Å². The monoisotopic (exact) mass is 236 g/mol. The van der Waals surface area contributed by atoms with Gasteiger partial charge in [-0.2, -0.15) is 0 Å². The summed E-state index contributed by atoms with van der Waals surface area (Å²) in [5.74, 6) is 1.46. The number of anilines is 2. The van der Waals surface area contributed by atoms with Crippen molar-refractivity contribution in [1.82, 2.24) is 0 Å². The molecular weight excluding hydrogens is 220 g/mol. The molecule has 0 bridgehead atoms. The molecule has 0 aliphatic carbocycles. The van der Waals surface area contributed by atoms with Crippen LogP contribution >= 0.6 is 0 Å². The van der Waals surface area contributed by atoms with Crippen molar-refractivity contribution in [3.05, 3.63) is 12.1 Å². The van der Waals surface area contributed by atoms with Gasteiger partial charge >= 0.3 is 0 Å². The van der Waals surface area contributed by atoms with Crippen molar-refractivity contribution in [2.75, 3.05) is 37.2 Å². The first kappa shape index (κ1) is 10.5. The Morgan fingerprint density at radius 3 is 2.47 bits per heavy atom. The topological polar surface area (TPSA) is 57.0 Å². The van der Waals surface area contributed by atoms with Crippen LogP contribution in [0, 0.1) is 0 Å². The van der Waals surface area contributed by atoms with Crippen molar-refractivity contribution in [1.29, 1.82) is 0 Å². The minimum absolute atomic E-state index is 0.575. The Bertz CT molecular complexity index is 416. The highest BCUT2D eigenvalue weighted by Gasteiger charge is 2.20. The number of benzene rings is 1. The van der Waals surface area contributed by atoms with Gasteiger partial charge < -0.3 is 15.2 Å². The zero-order chi connectivity index (χ0) is 11.7. The molecule has 5 heteroatoms. The second-order valence-corrected chi connectivity index (χ2v) is 4.20. The Morgan fingerprint density at radius 1 is 1.00 bits per heavy atom. The van der Waals surface area contributed by atoms with Crippen LogP contribution in [0.4, 0.5) is 11.4 Å². The summed E-state index contributed by atoms with van der Waals surface area (Å²) in [5.41, 5.74) is 7.55. The van der Waals surface area contributed by atoms with Gasteiger partial charge in [0.05, 0.1) is 18.0 Å². The van der Waals surface area contributed by atoms with Crippen LogP contribution in [0.1, 0.15) is 12.8 Å². The third-order valence-corrected chi connectivity index (χ3v) is 2.96. The molecule has 2 aliphatic rings. The fourth-order valence-corrected chi connectivity index (χ4v) is 2.10. The SMILES string of the molecule is Nc1cc2c(cc1N1CCCCO1)OCCO2. The zero-order valence-electron chi connectivity index (χ0n) is 9.65. The normalized spacial score (nSPS) is 19.2. The molecule has 0 atom stereocenters. The molecule has 1 fully saturated rings. The molecule has 92 valence electrons. The molecule has 3 rings (SSSR count). The van der Waals surface area contributed by atoms with E-state index < -0.39 is 0 Å². The first-order valence-corrected chi connectivity index (χ1v) is 5.94. The van der Waals surface area contributed by atoms with Gasteiger partial charge in [0.25, 0.3) is 0 Å². The summed E-state index contributed by atoms with van der Waals surface area (Å²) in [4.78, 5) is 5.59. The predicted molar refractivity (Wildman–Crippen MR) is 64.4 cm³/mol. The Morgan fingerprint density at radius 2 is 1.76 bits per heavy atom. The summed E-state index contributed by atoms with van der Waals surface area (Å²) in [6, 6.07) is 3.71. The Hall–Kier alpha value is -1.62. The van der Waals surface area contributed by atoms with Gasteiger partial charge in [0.1, 0.15) is 13.2 Å². The maximum atomic E-state index is 6.02. The Labute approximate surface area is 100 Å². The molecule has 0 unspecified atom stereocenters. The Kier molecular flexibility index (Phi) is 2.68. The lowest BCUT2D eigenvalue weighted by Crippen LogP contribution is -2.30. The first-order valence-electron chi connectivity index (χ1n) is 5.94. The van der Waals surface area contributed by atoms with Crippen LogP contribution in [0.2, 0.25) is 0 Å². The molecule has 0 aromatic heterocycles. The van der Waals surface area contributed by atoms with E-state index in [-0.39, 0.29) is 0 Å². The average Bonchev–Trinajstić information content (AvgIpc) is 2.39. The molecule has 1 saturated heterocycles. The van der Waals surface area contributed by atoms with Gasteiger partial charge in [0.15, 0.2) is 11.5 Å². The van der Waals surface area contributed by atoms with Gasteiger partial charge in [-0.1, -0.05) is 0 Å². The summed E-state index contributed by atoms with van der Waals surface area (Å²) in [6.07, 6.45) is 2.22. The maximum Gasteiger partial charge on any atom is 0.163 e. The van der Waals surface area contributed by atoms with Gasteiger partial charge in [0.2, 0.25) is 0 Å². The first-order chi connectivity index (χ1) is 8.34. The van der Waals surface area contributed by atoms with Crippen LogP contribution in [0.3, 0.4) is 0 Å². The minimum Gasteiger partial charge on any atom is -0.486 e. The van der Waals surface area contributed by atoms with Crippen molar-refractivity contribution in [2.24, 2.45) is 0 Å². The van der Waals surface area contributed by atoms with Crippen molar-refractivity contribution < 1.29 is 14.3 Å². The van der Waals surface area contributed by atoms with E-state index in [1.807, 2.05) is 17.2 Å². The second-order valence-electron chi connectivity index (χ2n) is 4.20. The highest BCUT2D eigenvalue weighted by Crippen LogP contribution is 2.39. The van der Waals surface area contributed by atoms with E-state index in [4.69, 9.17) is 20.0 Å². The zero-order valence-corrected chi connectivity index (χ0v) is 9.65. The summed E-state index contributed by atoms with van der Waals surface area (Å²) in [7, 11) is 0. The molecule has 0 amide bonds. The standard InChI is InChI=1S/C12H16N2O3/c13-9-7-11-12(16-6-5-15-11)8-10(9)14-3-1-2-4-17-14/h7-8H,1-6,13H2. The number of hydroxylamine groups is 1. The summed E-state index contributed by atoms with van der Waals surface area (Å²) in [6.45, 7) is 2.76. The van der Waals surface area contributed by atoms with E-state index in [9.17, 15) is 0 Å². The number of fused-ring (bicyclic) bond motifs is 1. The largest absolute Gasteiger partial charge is 0.486 e. The highest BCUT2D eigenvalue weighted by atomic mass is 16.7. The lowest BCUT2D eigenvalue weighted by molar-refractivity contribution is 0.0778. The summed E-state index contributed by atoms with van der Waals surface area (Å²) in [5, 5.41) is 1.84. The fraction of sp³-hybridized carbons (Fsp3) is 0.500. The molecule has 5 nitrogen and oxygen atoms in total. The number of hydrogen-bond donors (Lipinski definition) is 1. The van der Waals surface area contributed by atoms with Crippen molar-refractivity contribution in [3.8, 4) is 11.5 Å². The summed E-state index contributed by atoms with van der Waals surface area (Å²) < 4.78 is 11.0. The lowest BCUT2D eigenvalue weighted by Gasteiger charge is -2.30. The smallest absolute Gasteiger partial charge is 0.163 e. The van der Waals surface area contributed by atoms with Crippen LogP contribution in [-0.2, 0) is 4.84 Å². The molecule has 0 spiro atoms. The number of rotatable bonds is 1. The third-order valence-electron chi connectivity index (χ3n) is 2.96. The summed E-state index contributed by atoms with van der Waals surface area (Å²) >= 11 is 0. The number of ether oxygens (including phenoxy) is 2. The van der Waals surface area contributed by atoms with Crippen LogP contribution in [0.5, 0.6) is 11.5 Å². The van der Waals surface area contributed by atoms with Gasteiger partial charge in [-0.3, -0.25) is 9.90 Å². The molecule has 1 aromatic carbocycles. The van der Waals surface area contributed by atoms with Crippen LogP contribution in [-0.4, -0.2) is 26.4 Å². The molecule has 17 heavy (non-hydrogen) atoms. The minimum atomic E-state index is 0.575. The quantitative estimate of drug-likeness (QED) is 0.750. The predicted octanol–water partition coefficient (Wildman–Crippen LogP) is 1.57. The van der Waals surface area contributed by atoms with Crippen molar-refractivity contribution in [3.63, 3.8) is 0 Å². The van der Waals surface area contributed by atoms with E-state index in [0.29, 0.717) is 18.9 Å². The van der Waals surface area contributed by atoms with E-state index in [1.165, 1.54) is 0 Å². The maximum absolute atomic E-state index is 6.02. The molecule has 1 aromatic rings. The van der Waals surface area contributed by atoms with Gasteiger partial charge in [0, 0.05) is 18.7 Å². The second kappa shape index (κ2) is 4.33. The fourth-order valence-electron chi connectivity index (χ4n) is 2.10. The number of nitrogens with zero attached hydrogens (tertiary/aromatic N) is 1. The third kappa shape index (κ3) is 1.98. The van der Waals surface area contributed by atoms with Crippen LogP contribution in [0.25, 0.3) is 0 Å². The molecule has 2 aliphatic heterocycles. The lowest BCUT2D eigenvalue weighted by atomic mass is 10.2. The van der Waals surface area contributed by atoms with Gasteiger partial charge in [-0.05, 0) is 12.8 Å². The Balaban J connectivity index is 1.93. The molecule has 0 saturated carbocycles. The van der Waals surface area contributed by atoms with Gasteiger partial charge in [-0.15, -0.1) is 0 Å². The van der Waals surface area contributed by atoms with Crippen molar-refractivity contribution in [2.45, 2.75) is 12.8 Å². The molecule has 2 N–H and O–H groups in total. The highest BCUT2D eigenvalue weighted by molar-refractivity contribution is 5.72. The number of nitrogens with two attached hydrogens (primary N) is 1. The number of nitrogen functional groups attached to an aromatic ring is 1. The van der Waals surface area contributed by atoms with E-state index in [0.717, 1.165) is 43.2 Å². The molecule has 0 radical (unpaired) electrons. The number of hydrogen-bond acceptors (Lipinski definition) is 5. The van der Waals surface area contributed by atoms with Crippen LogP contribution < -0.4 is 20.3 Å². The molecule has 2 heterocycles. The van der Waals surface area contributed by atoms with E-state index >= 15 is 0 Å².